The van der Waals surface area contributed by atoms with E-state index in [-0.39, 0.29) is 24.4 Å². The molecule has 0 unspecified atom stereocenters. The topological polar surface area (TPSA) is 93.1 Å². The van der Waals surface area contributed by atoms with E-state index in [0.29, 0.717) is 5.56 Å². The van der Waals surface area contributed by atoms with Crippen molar-refractivity contribution >= 4 is 17.8 Å². The van der Waals surface area contributed by atoms with Crippen LogP contribution < -0.4 is 0 Å². The maximum atomic E-state index is 12.4. The van der Waals surface area contributed by atoms with E-state index in [2.05, 4.69) is 9.47 Å². The molecular weight excluding hydrogens is 278 g/mol. The molecule has 0 saturated heterocycles. The van der Waals surface area contributed by atoms with Crippen molar-refractivity contribution < 1.29 is 29.0 Å². The third-order valence-corrected chi connectivity index (χ3v) is 2.92. The van der Waals surface area contributed by atoms with Crippen molar-refractivity contribution in [3.8, 4) is 5.75 Å². The maximum Gasteiger partial charge on any atom is 0.325 e. The summed E-state index contributed by atoms with van der Waals surface area (Å²) in [5.41, 5.74) is 0.560. The van der Waals surface area contributed by atoms with Crippen molar-refractivity contribution in [1.29, 1.82) is 0 Å². The summed E-state index contributed by atoms with van der Waals surface area (Å²) in [6, 6.07) is 4.44. The molecule has 0 saturated carbocycles. The quantitative estimate of drug-likeness (QED) is 0.795. The number of phenolic OH excluding ortho intramolecular Hbond substituents is 1. The van der Waals surface area contributed by atoms with Gasteiger partial charge in [0.1, 0.15) is 18.8 Å². The van der Waals surface area contributed by atoms with Crippen LogP contribution in [-0.4, -0.2) is 55.2 Å². The SMILES string of the molecule is COC(=O)CN(CC(=O)OC)C(=O)c1cccc(O)c1C. The zero-order valence-corrected chi connectivity index (χ0v) is 12.1. The summed E-state index contributed by atoms with van der Waals surface area (Å²) in [4.78, 5) is 36.1. The van der Waals surface area contributed by atoms with E-state index >= 15 is 0 Å². The van der Waals surface area contributed by atoms with Gasteiger partial charge in [-0.3, -0.25) is 14.4 Å². The summed E-state index contributed by atoms with van der Waals surface area (Å²) < 4.78 is 9.00. The Morgan fingerprint density at radius 3 is 2.10 bits per heavy atom. The second-order valence-corrected chi connectivity index (χ2v) is 4.26. The first kappa shape index (κ1) is 16.5. The molecule has 0 spiro atoms. The van der Waals surface area contributed by atoms with Crippen LogP contribution in [0.2, 0.25) is 0 Å². The van der Waals surface area contributed by atoms with Crippen LogP contribution in [0, 0.1) is 6.92 Å². The normalized spacial score (nSPS) is 9.86. The van der Waals surface area contributed by atoms with E-state index in [1.165, 1.54) is 32.4 Å². The van der Waals surface area contributed by atoms with Gasteiger partial charge in [-0.15, -0.1) is 0 Å². The fraction of sp³-hybridized carbons (Fsp3) is 0.357. The van der Waals surface area contributed by atoms with Crippen LogP contribution in [0.1, 0.15) is 15.9 Å². The molecule has 0 bridgehead atoms. The molecule has 114 valence electrons. The van der Waals surface area contributed by atoms with E-state index in [1.807, 2.05) is 0 Å². The minimum absolute atomic E-state index is 0.0445. The first-order chi connectivity index (χ1) is 9.90. The minimum atomic E-state index is -0.662. The molecule has 21 heavy (non-hydrogen) atoms. The average molecular weight is 295 g/mol. The zero-order chi connectivity index (χ0) is 16.0. The monoisotopic (exact) mass is 295 g/mol. The molecule has 1 N–H and O–H groups in total. The Balaban J connectivity index is 3.06. The summed E-state index contributed by atoms with van der Waals surface area (Å²) in [5.74, 6) is -1.94. The van der Waals surface area contributed by atoms with Gasteiger partial charge in [-0.25, -0.2) is 0 Å². The predicted molar refractivity (Wildman–Crippen MR) is 72.8 cm³/mol. The highest BCUT2D eigenvalue weighted by molar-refractivity contribution is 5.99. The molecule has 0 aromatic heterocycles. The molecular formula is C14H17NO6. The predicted octanol–water partition coefficient (Wildman–Crippen LogP) is 0.489. The summed E-state index contributed by atoms with van der Waals surface area (Å²) in [5, 5.41) is 9.63. The van der Waals surface area contributed by atoms with Crippen LogP contribution in [0.3, 0.4) is 0 Å². The number of carbonyl (C=O) groups excluding carboxylic acids is 3. The Bertz CT molecular complexity index is 536. The number of hydrogen-bond donors (Lipinski definition) is 1. The van der Waals surface area contributed by atoms with Gasteiger partial charge in [0.2, 0.25) is 0 Å². The van der Waals surface area contributed by atoms with Crippen LogP contribution in [0.15, 0.2) is 18.2 Å². The lowest BCUT2D eigenvalue weighted by molar-refractivity contribution is -0.144. The molecule has 7 nitrogen and oxygen atoms in total. The molecule has 0 heterocycles. The lowest BCUT2D eigenvalue weighted by atomic mass is 10.1. The van der Waals surface area contributed by atoms with Gasteiger partial charge in [0.25, 0.3) is 5.91 Å². The van der Waals surface area contributed by atoms with E-state index in [9.17, 15) is 19.5 Å². The van der Waals surface area contributed by atoms with Crippen LogP contribution in [0.25, 0.3) is 0 Å². The van der Waals surface area contributed by atoms with Crippen molar-refractivity contribution in [1.82, 2.24) is 4.90 Å². The first-order valence-corrected chi connectivity index (χ1v) is 6.12. The number of amides is 1. The van der Waals surface area contributed by atoms with Crippen molar-refractivity contribution in [2.75, 3.05) is 27.3 Å². The van der Waals surface area contributed by atoms with Crippen LogP contribution in [0.4, 0.5) is 0 Å². The third kappa shape index (κ3) is 4.20. The molecule has 1 aromatic rings. The first-order valence-electron chi connectivity index (χ1n) is 6.12. The zero-order valence-electron chi connectivity index (χ0n) is 12.1. The highest BCUT2D eigenvalue weighted by atomic mass is 16.5. The Morgan fingerprint density at radius 1 is 1.10 bits per heavy atom. The van der Waals surface area contributed by atoms with Crippen LogP contribution in [-0.2, 0) is 19.1 Å². The summed E-state index contributed by atoms with van der Waals surface area (Å²) in [6.07, 6.45) is 0. The Morgan fingerprint density at radius 2 is 1.62 bits per heavy atom. The lowest BCUT2D eigenvalue weighted by Crippen LogP contribution is -2.40. The average Bonchev–Trinajstić information content (AvgIpc) is 2.48. The number of methoxy groups -OCH3 is 2. The number of aromatic hydroxyl groups is 1. The second-order valence-electron chi connectivity index (χ2n) is 4.26. The Hall–Kier alpha value is -2.57. The van der Waals surface area contributed by atoms with Gasteiger partial charge in [0.05, 0.1) is 14.2 Å². The molecule has 0 fully saturated rings. The number of phenols is 1. The lowest BCUT2D eigenvalue weighted by Gasteiger charge is -2.21. The number of carbonyl (C=O) groups is 3. The molecule has 0 radical (unpaired) electrons. The molecule has 7 heteroatoms. The number of benzene rings is 1. The number of esters is 2. The fourth-order valence-electron chi connectivity index (χ4n) is 1.67. The van der Waals surface area contributed by atoms with Crippen molar-refractivity contribution in [2.45, 2.75) is 6.92 Å². The molecule has 0 aliphatic carbocycles. The molecule has 1 aromatic carbocycles. The Kier molecular flexibility index (Phi) is 5.71. The van der Waals surface area contributed by atoms with Crippen molar-refractivity contribution in [2.24, 2.45) is 0 Å². The smallest absolute Gasteiger partial charge is 0.325 e. The minimum Gasteiger partial charge on any atom is -0.508 e. The van der Waals surface area contributed by atoms with Crippen LogP contribution >= 0.6 is 0 Å². The molecule has 0 atom stereocenters. The van der Waals surface area contributed by atoms with E-state index in [4.69, 9.17) is 0 Å². The number of hydrogen-bond acceptors (Lipinski definition) is 6. The highest BCUT2D eigenvalue weighted by Gasteiger charge is 2.24. The summed E-state index contributed by atoms with van der Waals surface area (Å²) in [6.45, 7) is 0.788. The van der Waals surface area contributed by atoms with Gasteiger partial charge >= 0.3 is 11.9 Å². The highest BCUT2D eigenvalue weighted by Crippen LogP contribution is 2.21. The fourth-order valence-corrected chi connectivity index (χ4v) is 1.67. The van der Waals surface area contributed by atoms with Crippen molar-refractivity contribution in [3.05, 3.63) is 29.3 Å². The van der Waals surface area contributed by atoms with Gasteiger partial charge in [0, 0.05) is 11.1 Å². The van der Waals surface area contributed by atoms with E-state index in [0.717, 1.165) is 4.90 Å². The van der Waals surface area contributed by atoms with Crippen molar-refractivity contribution in [3.63, 3.8) is 0 Å². The number of nitrogens with zero attached hydrogens (tertiary/aromatic N) is 1. The van der Waals surface area contributed by atoms with Gasteiger partial charge in [-0.2, -0.15) is 0 Å². The maximum absolute atomic E-state index is 12.4. The second kappa shape index (κ2) is 7.28. The molecule has 1 rings (SSSR count). The summed E-state index contributed by atoms with van der Waals surface area (Å²) in [7, 11) is 2.37. The third-order valence-electron chi connectivity index (χ3n) is 2.92. The van der Waals surface area contributed by atoms with E-state index < -0.39 is 17.8 Å². The molecule has 0 aliphatic heterocycles. The van der Waals surface area contributed by atoms with Gasteiger partial charge in [0.15, 0.2) is 0 Å². The van der Waals surface area contributed by atoms with E-state index in [1.54, 1.807) is 6.92 Å². The number of rotatable bonds is 5. The van der Waals surface area contributed by atoms with Gasteiger partial charge in [-0.05, 0) is 19.1 Å². The largest absolute Gasteiger partial charge is 0.508 e. The van der Waals surface area contributed by atoms with Gasteiger partial charge < -0.3 is 19.5 Å². The number of ether oxygens (including phenoxy) is 2. The van der Waals surface area contributed by atoms with Gasteiger partial charge in [-0.1, -0.05) is 6.07 Å². The molecule has 1 amide bonds. The van der Waals surface area contributed by atoms with Crippen LogP contribution in [0.5, 0.6) is 5.75 Å². The Labute approximate surface area is 122 Å². The standard InChI is InChI=1S/C14H17NO6/c1-9-10(5-4-6-11(9)16)14(19)15(7-12(17)20-2)8-13(18)21-3/h4-6,16H,7-8H2,1-3H3. The molecule has 0 aliphatic rings. The summed E-state index contributed by atoms with van der Waals surface area (Å²) >= 11 is 0.